The van der Waals surface area contributed by atoms with E-state index in [1.807, 2.05) is 61.7 Å². The maximum Gasteiger partial charge on any atom is 0.408 e. The second kappa shape index (κ2) is 8.59. The Kier molecular flexibility index (Phi) is 5.56. The normalized spacial score (nSPS) is 14.7. The number of ether oxygens (including phenoxy) is 1. The van der Waals surface area contributed by atoms with E-state index in [0.29, 0.717) is 5.69 Å². The first-order valence-corrected chi connectivity index (χ1v) is 11.9. The molecule has 1 aliphatic rings. The standard InChI is InChI=1S/C29H28N4O2/c1-28(2,3)35-27(34)32-29(16-8-17-29)22-13-11-20(12-14-22)25-26(21-9-6-5-7-10-21)33-18-15-23(30-4)19-24(33)31-25/h5-7,9-15,18-19H,8,16-17H2,1-3H3,(H,32,34). The molecule has 6 nitrogen and oxygen atoms in total. The zero-order valence-corrected chi connectivity index (χ0v) is 20.2. The molecule has 0 spiro atoms. The quantitative estimate of drug-likeness (QED) is 0.327. The number of imidazole rings is 1. The third-order valence-electron chi connectivity index (χ3n) is 6.44. The summed E-state index contributed by atoms with van der Waals surface area (Å²) in [6, 6.07) is 22.1. The van der Waals surface area contributed by atoms with Crippen LogP contribution in [0.5, 0.6) is 0 Å². The maximum absolute atomic E-state index is 12.5. The van der Waals surface area contributed by atoms with E-state index in [0.717, 1.165) is 53.0 Å². The van der Waals surface area contributed by atoms with E-state index in [9.17, 15) is 4.79 Å². The van der Waals surface area contributed by atoms with E-state index in [1.165, 1.54) is 0 Å². The molecule has 0 unspecified atom stereocenters. The number of carbonyl (C=O) groups excluding carboxylic acids is 1. The van der Waals surface area contributed by atoms with Crippen molar-refractivity contribution in [2.45, 2.75) is 51.2 Å². The van der Waals surface area contributed by atoms with Crippen LogP contribution in [0.1, 0.15) is 45.6 Å². The average molecular weight is 465 g/mol. The lowest BCUT2D eigenvalue weighted by molar-refractivity contribution is 0.0377. The summed E-state index contributed by atoms with van der Waals surface area (Å²) < 4.78 is 7.55. The summed E-state index contributed by atoms with van der Waals surface area (Å²) in [6.45, 7) is 13.0. The van der Waals surface area contributed by atoms with E-state index in [2.05, 4.69) is 46.6 Å². The molecule has 176 valence electrons. The van der Waals surface area contributed by atoms with Gasteiger partial charge in [0.1, 0.15) is 11.2 Å². The number of amides is 1. The molecular weight excluding hydrogens is 436 g/mol. The molecule has 1 aliphatic carbocycles. The van der Waals surface area contributed by atoms with Gasteiger partial charge in [-0.1, -0.05) is 54.6 Å². The second-order valence-corrected chi connectivity index (χ2v) is 10.0. The van der Waals surface area contributed by atoms with Gasteiger partial charge in [0.05, 0.1) is 23.5 Å². The van der Waals surface area contributed by atoms with Crippen LogP contribution in [0.25, 0.3) is 33.0 Å². The Morgan fingerprint density at radius 1 is 1.06 bits per heavy atom. The van der Waals surface area contributed by atoms with Gasteiger partial charge in [-0.25, -0.2) is 14.6 Å². The predicted molar refractivity (Wildman–Crippen MR) is 137 cm³/mol. The largest absolute Gasteiger partial charge is 0.444 e. The minimum atomic E-state index is -0.539. The Labute approximate surface area is 205 Å². The number of nitrogens with zero attached hydrogens (tertiary/aromatic N) is 3. The third kappa shape index (κ3) is 4.38. The summed E-state index contributed by atoms with van der Waals surface area (Å²) in [5, 5.41) is 3.12. The fraction of sp³-hybridized carbons (Fsp3) is 0.276. The third-order valence-corrected chi connectivity index (χ3v) is 6.44. The maximum atomic E-state index is 12.5. The van der Waals surface area contributed by atoms with E-state index < -0.39 is 11.1 Å². The van der Waals surface area contributed by atoms with Gasteiger partial charge >= 0.3 is 6.09 Å². The number of pyridine rings is 1. The van der Waals surface area contributed by atoms with Gasteiger partial charge in [-0.3, -0.25) is 0 Å². The second-order valence-electron chi connectivity index (χ2n) is 10.0. The summed E-state index contributed by atoms with van der Waals surface area (Å²) in [5.74, 6) is 0. The Bertz CT molecular complexity index is 1420. The lowest BCUT2D eigenvalue weighted by Gasteiger charge is -2.43. The Hall–Kier alpha value is -4.11. The van der Waals surface area contributed by atoms with Crippen molar-refractivity contribution in [3.05, 3.63) is 89.9 Å². The van der Waals surface area contributed by atoms with Crippen molar-refractivity contribution in [1.29, 1.82) is 0 Å². The molecule has 0 radical (unpaired) electrons. The van der Waals surface area contributed by atoms with Crippen molar-refractivity contribution in [3.63, 3.8) is 0 Å². The molecule has 2 aromatic carbocycles. The number of hydrogen-bond donors (Lipinski definition) is 1. The zero-order valence-electron chi connectivity index (χ0n) is 20.2. The molecule has 1 N–H and O–H groups in total. The van der Waals surface area contributed by atoms with Gasteiger partial charge in [-0.2, -0.15) is 0 Å². The highest BCUT2D eigenvalue weighted by Gasteiger charge is 2.41. The first-order valence-electron chi connectivity index (χ1n) is 11.9. The summed E-state index contributed by atoms with van der Waals surface area (Å²) in [6.07, 6.45) is 4.35. The molecule has 4 aromatic rings. The van der Waals surface area contributed by atoms with Crippen molar-refractivity contribution in [2.24, 2.45) is 0 Å². The molecule has 2 aromatic heterocycles. The first-order chi connectivity index (χ1) is 16.8. The van der Waals surface area contributed by atoms with Crippen molar-refractivity contribution in [3.8, 4) is 22.5 Å². The average Bonchev–Trinajstić information content (AvgIpc) is 3.19. The number of hydrogen-bond acceptors (Lipinski definition) is 3. The van der Waals surface area contributed by atoms with Crippen molar-refractivity contribution < 1.29 is 9.53 Å². The van der Waals surface area contributed by atoms with Crippen LogP contribution in [-0.4, -0.2) is 21.1 Å². The molecule has 0 saturated heterocycles. The molecule has 0 bridgehead atoms. The molecule has 1 saturated carbocycles. The van der Waals surface area contributed by atoms with Gasteiger partial charge in [0.25, 0.3) is 0 Å². The minimum absolute atomic E-state index is 0.386. The monoisotopic (exact) mass is 464 g/mol. The van der Waals surface area contributed by atoms with Crippen molar-refractivity contribution in [1.82, 2.24) is 14.7 Å². The molecule has 2 heterocycles. The van der Waals surface area contributed by atoms with E-state index in [1.54, 1.807) is 0 Å². The fourth-order valence-corrected chi connectivity index (χ4v) is 4.64. The van der Waals surface area contributed by atoms with Gasteiger partial charge in [0.2, 0.25) is 0 Å². The highest BCUT2D eigenvalue weighted by atomic mass is 16.6. The topological polar surface area (TPSA) is 60.0 Å². The van der Waals surface area contributed by atoms with Gasteiger partial charge in [-0.15, -0.1) is 0 Å². The molecule has 6 heteroatoms. The van der Waals surface area contributed by atoms with Crippen molar-refractivity contribution in [2.75, 3.05) is 0 Å². The number of aromatic nitrogens is 2. The van der Waals surface area contributed by atoms with E-state index in [4.69, 9.17) is 16.3 Å². The Morgan fingerprint density at radius 3 is 2.37 bits per heavy atom. The van der Waals surface area contributed by atoms with Crippen LogP contribution in [0.15, 0.2) is 72.9 Å². The lowest BCUT2D eigenvalue weighted by Crippen LogP contribution is -2.52. The minimum Gasteiger partial charge on any atom is -0.444 e. The van der Waals surface area contributed by atoms with Crippen LogP contribution in [0.3, 0.4) is 0 Å². The number of fused-ring (bicyclic) bond motifs is 1. The van der Waals surface area contributed by atoms with Crippen molar-refractivity contribution >= 4 is 17.4 Å². The Morgan fingerprint density at radius 2 is 1.77 bits per heavy atom. The number of alkyl carbamates (subject to hydrolysis) is 1. The zero-order chi connectivity index (χ0) is 24.6. The van der Waals surface area contributed by atoms with Gasteiger partial charge in [-0.05, 0) is 57.7 Å². The summed E-state index contributed by atoms with van der Waals surface area (Å²) >= 11 is 0. The number of benzene rings is 2. The van der Waals surface area contributed by atoms with Crippen LogP contribution in [0.2, 0.25) is 0 Å². The van der Waals surface area contributed by atoms with Gasteiger partial charge < -0.3 is 14.5 Å². The van der Waals surface area contributed by atoms with Crippen LogP contribution < -0.4 is 5.32 Å². The molecule has 5 rings (SSSR count). The van der Waals surface area contributed by atoms with Gasteiger partial charge in [0, 0.05) is 17.3 Å². The lowest BCUT2D eigenvalue weighted by atomic mass is 9.71. The Balaban J connectivity index is 1.53. The highest BCUT2D eigenvalue weighted by molar-refractivity contribution is 5.83. The molecule has 35 heavy (non-hydrogen) atoms. The number of nitrogens with one attached hydrogen (secondary N) is 1. The van der Waals surface area contributed by atoms with Crippen LogP contribution in [-0.2, 0) is 10.3 Å². The SMILES string of the molecule is [C-]#[N+]c1ccn2c(-c3ccccc3)c(-c3ccc(C4(NC(=O)OC(C)(C)C)CCC4)cc3)nc2c1. The molecule has 0 aliphatic heterocycles. The smallest absolute Gasteiger partial charge is 0.408 e. The van der Waals surface area contributed by atoms with Crippen LogP contribution in [0.4, 0.5) is 10.5 Å². The summed E-state index contributed by atoms with van der Waals surface area (Å²) in [5.41, 5.74) is 5.29. The van der Waals surface area contributed by atoms with Crippen LogP contribution in [0, 0.1) is 6.57 Å². The predicted octanol–water partition coefficient (Wildman–Crippen LogP) is 7.12. The fourth-order valence-electron chi connectivity index (χ4n) is 4.64. The molecule has 1 amide bonds. The van der Waals surface area contributed by atoms with E-state index in [-0.39, 0.29) is 6.09 Å². The van der Waals surface area contributed by atoms with Crippen LogP contribution >= 0.6 is 0 Å². The molecule has 0 atom stereocenters. The highest BCUT2D eigenvalue weighted by Crippen LogP contribution is 2.42. The summed E-state index contributed by atoms with van der Waals surface area (Å²) in [4.78, 5) is 21.0. The van der Waals surface area contributed by atoms with E-state index >= 15 is 0 Å². The first kappa shape index (κ1) is 22.7. The summed E-state index contributed by atoms with van der Waals surface area (Å²) in [7, 11) is 0. The molecule has 1 fully saturated rings. The molecular formula is C29H28N4O2. The number of rotatable bonds is 4. The number of carbonyl (C=O) groups is 1. The van der Waals surface area contributed by atoms with Gasteiger partial charge in [0.15, 0.2) is 5.69 Å².